The summed E-state index contributed by atoms with van der Waals surface area (Å²) in [5, 5.41) is 9.19. The number of hydrogen-bond acceptors (Lipinski definition) is 3. The highest BCUT2D eigenvalue weighted by atomic mass is 19.1. The van der Waals surface area contributed by atoms with Gasteiger partial charge >= 0.3 is 0 Å². The molecule has 1 aromatic rings. The largest absolute Gasteiger partial charge is 0.389 e. The zero-order valence-electron chi connectivity index (χ0n) is 11.1. The molecule has 2 aliphatic heterocycles. The SMILES string of the molecule is O=C(C1CCN(c2cc(F)cc(F)c2)C1=O)N1CC(O)C1. The van der Waals surface area contributed by atoms with Gasteiger partial charge in [0.15, 0.2) is 0 Å². The standard InChI is InChI=1S/C14H14F2N2O3/c15-8-3-9(16)5-10(4-8)18-2-1-12(14(18)21)13(20)17-6-11(19)7-17/h3-5,11-12,19H,1-2,6-7H2. The number of β-amino-alcohol motifs (C(OH)–C–C–N with tert-alkyl or cyclic N) is 1. The predicted octanol–water partition coefficient (Wildman–Crippen LogP) is 0.521. The van der Waals surface area contributed by atoms with Crippen LogP contribution in [0.2, 0.25) is 0 Å². The van der Waals surface area contributed by atoms with E-state index in [9.17, 15) is 23.5 Å². The Morgan fingerprint density at radius 1 is 1.19 bits per heavy atom. The van der Waals surface area contributed by atoms with Crippen LogP contribution >= 0.6 is 0 Å². The first-order valence-electron chi connectivity index (χ1n) is 6.70. The quantitative estimate of drug-likeness (QED) is 0.810. The topological polar surface area (TPSA) is 60.9 Å². The number of rotatable bonds is 2. The molecular weight excluding hydrogens is 282 g/mol. The van der Waals surface area contributed by atoms with Gasteiger partial charge in [-0.05, 0) is 18.6 Å². The van der Waals surface area contributed by atoms with Crippen molar-refractivity contribution in [1.82, 2.24) is 4.90 Å². The average Bonchev–Trinajstić information content (AvgIpc) is 2.75. The van der Waals surface area contributed by atoms with Gasteiger partial charge in [-0.1, -0.05) is 0 Å². The molecule has 2 saturated heterocycles. The predicted molar refractivity (Wildman–Crippen MR) is 69.4 cm³/mol. The van der Waals surface area contributed by atoms with E-state index in [2.05, 4.69) is 0 Å². The minimum absolute atomic E-state index is 0.122. The van der Waals surface area contributed by atoms with Crippen molar-refractivity contribution in [2.45, 2.75) is 12.5 Å². The number of nitrogens with zero attached hydrogens (tertiary/aromatic N) is 2. The Labute approximate surface area is 119 Å². The summed E-state index contributed by atoms with van der Waals surface area (Å²) in [5.74, 6) is -3.14. The Morgan fingerprint density at radius 2 is 1.81 bits per heavy atom. The lowest BCUT2D eigenvalue weighted by Gasteiger charge is -2.37. The van der Waals surface area contributed by atoms with Crippen molar-refractivity contribution in [3.63, 3.8) is 0 Å². The van der Waals surface area contributed by atoms with E-state index in [0.29, 0.717) is 6.42 Å². The molecule has 1 unspecified atom stereocenters. The van der Waals surface area contributed by atoms with Gasteiger partial charge in [-0.3, -0.25) is 9.59 Å². The van der Waals surface area contributed by atoms with Gasteiger partial charge in [-0.15, -0.1) is 0 Å². The third kappa shape index (κ3) is 2.49. The maximum absolute atomic E-state index is 13.2. The molecule has 2 fully saturated rings. The average molecular weight is 296 g/mol. The Hall–Kier alpha value is -2.02. The van der Waals surface area contributed by atoms with E-state index in [0.717, 1.165) is 18.2 Å². The smallest absolute Gasteiger partial charge is 0.239 e. The van der Waals surface area contributed by atoms with E-state index < -0.39 is 29.6 Å². The molecule has 1 N–H and O–H groups in total. The number of amides is 2. The van der Waals surface area contributed by atoms with Crippen molar-refractivity contribution < 1.29 is 23.5 Å². The first-order valence-corrected chi connectivity index (χ1v) is 6.70. The van der Waals surface area contributed by atoms with E-state index in [1.807, 2.05) is 0 Å². The molecule has 3 rings (SSSR count). The molecule has 7 heteroatoms. The number of carbonyl (C=O) groups is 2. The minimum Gasteiger partial charge on any atom is -0.389 e. The third-order valence-corrected chi connectivity index (χ3v) is 3.84. The summed E-state index contributed by atoms with van der Waals surface area (Å²) in [6.45, 7) is 0.711. The summed E-state index contributed by atoms with van der Waals surface area (Å²) in [4.78, 5) is 27.0. The first-order chi connectivity index (χ1) is 9.95. The Balaban J connectivity index is 1.75. The van der Waals surface area contributed by atoms with Gasteiger partial charge in [0.05, 0.1) is 6.10 Å². The molecule has 112 valence electrons. The number of aliphatic hydroxyl groups is 1. The van der Waals surface area contributed by atoms with E-state index in [4.69, 9.17) is 0 Å². The number of carbonyl (C=O) groups excluding carboxylic acids is 2. The van der Waals surface area contributed by atoms with Gasteiger partial charge in [0.1, 0.15) is 17.6 Å². The molecule has 0 bridgehead atoms. The van der Waals surface area contributed by atoms with Crippen LogP contribution in [0.3, 0.4) is 0 Å². The van der Waals surface area contributed by atoms with Crippen LogP contribution in [0.25, 0.3) is 0 Å². The lowest BCUT2D eigenvalue weighted by atomic mass is 10.0. The highest BCUT2D eigenvalue weighted by molar-refractivity contribution is 6.09. The Bertz CT molecular complexity index is 582. The van der Waals surface area contributed by atoms with Crippen LogP contribution < -0.4 is 4.90 Å². The molecule has 2 amide bonds. The summed E-state index contributed by atoms with van der Waals surface area (Å²) in [7, 11) is 0. The van der Waals surface area contributed by atoms with E-state index in [1.165, 1.54) is 9.80 Å². The maximum atomic E-state index is 13.2. The molecule has 21 heavy (non-hydrogen) atoms. The Morgan fingerprint density at radius 3 is 2.38 bits per heavy atom. The van der Waals surface area contributed by atoms with Crippen molar-refractivity contribution in [3.05, 3.63) is 29.8 Å². The lowest BCUT2D eigenvalue weighted by molar-refractivity contribution is -0.148. The maximum Gasteiger partial charge on any atom is 0.239 e. The second kappa shape index (κ2) is 5.07. The summed E-state index contributed by atoms with van der Waals surface area (Å²) in [5.41, 5.74) is 0.122. The molecule has 0 spiro atoms. The highest BCUT2D eigenvalue weighted by Crippen LogP contribution is 2.28. The van der Waals surface area contributed by atoms with Gasteiger partial charge < -0.3 is 14.9 Å². The normalized spacial score (nSPS) is 22.6. The lowest BCUT2D eigenvalue weighted by Crippen LogP contribution is -2.56. The minimum atomic E-state index is -0.830. The molecule has 1 aromatic carbocycles. The van der Waals surface area contributed by atoms with Crippen LogP contribution in [-0.4, -0.2) is 47.6 Å². The third-order valence-electron chi connectivity index (χ3n) is 3.84. The number of hydrogen-bond donors (Lipinski definition) is 1. The molecule has 0 aromatic heterocycles. The van der Waals surface area contributed by atoms with Gasteiger partial charge in [0.25, 0.3) is 0 Å². The monoisotopic (exact) mass is 296 g/mol. The summed E-state index contributed by atoms with van der Waals surface area (Å²) >= 11 is 0. The summed E-state index contributed by atoms with van der Waals surface area (Å²) in [6.07, 6.45) is -0.221. The van der Waals surface area contributed by atoms with E-state index in [-0.39, 0.29) is 31.2 Å². The number of aliphatic hydroxyl groups excluding tert-OH is 1. The van der Waals surface area contributed by atoms with Crippen LogP contribution in [0.1, 0.15) is 6.42 Å². The Kier molecular flexibility index (Phi) is 3.36. The molecule has 0 aliphatic carbocycles. The van der Waals surface area contributed by atoms with Crippen molar-refractivity contribution in [2.75, 3.05) is 24.5 Å². The highest BCUT2D eigenvalue weighted by Gasteiger charge is 2.42. The molecule has 2 aliphatic rings. The molecule has 0 saturated carbocycles. The number of halogens is 2. The second-order valence-electron chi connectivity index (χ2n) is 5.36. The van der Waals surface area contributed by atoms with E-state index in [1.54, 1.807) is 0 Å². The summed E-state index contributed by atoms with van der Waals surface area (Å²) < 4.78 is 26.4. The zero-order valence-corrected chi connectivity index (χ0v) is 11.1. The fourth-order valence-electron chi connectivity index (χ4n) is 2.72. The van der Waals surface area contributed by atoms with Crippen LogP contribution in [0.4, 0.5) is 14.5 Å². The van der Waals surface area contributed by atoms with Crippen molar-refractivity contribution in [2.24, 2.45) is 5.92 Å². The second-order valence-corrected chi connectivity index (χ2v) is 5.36. The number of likely N-dealkylation sites (tertiary alicyclic amines) is 1. The molecule has 0 radical (unpaired) electrons. The van der Waals surface area contributed by atoms with Crippen LogP contribution in [-0.2, 0) is 9.59 Å². The number of anilines is 1. The van der Waals surface area contributed by atoms with Crippen LogP contribution in [0.5, 0.6) is 0 Å². The van der Waals surface area contributed by atoms with Crippen molar-refractivity contribution >= 4 is 17.5 Å². The van der Waals surface area contributed by atoms with Gasteiger partial charge in [0, 0.05) is 31.4 Å². The first kappa shape index (κ1) is 13.9. The zero-order chi connectivity index (χ0) is 15.1. The molecule has 5 nitrogen and oxygen atoms in total. The van der Waals surface area contributed by atoms with Crippen LogP contribution in [0.15, 0.2) is 18.2 Å². The fourth-order valence-corrected chi connectivity index (χ4v) is 2.72. The van der Waals surface area contributed by atoms with E-state index >= 15 is 0 Å². The molecule has 2 heterocycles. The van der Waals surface area contributed by atoms with Crippen molar-refractivity contribution in [1.29, 1.82) is 0 Å². The molecular formula is C14H14F2N2O3. The van der Waals surface area contributed by atoms with Gasteiger partial charge in [-0.2, -0.15) is 0 Å². The van der Waals surface area contributed by atoms with Gasteiger partial charge in [0.2, 0.25) is 11.8 Å². The summed E-state index contributed by atoms with van der Waals surface area (Å²) in [6, 6.07) is 2.87. The van der Waals surface area contributed by atoms with Gasteiger partial charge in [-0.25, -0.2) is 8.78 Å². The molecule has 1 atom stereocenters. The van der Waals surface area contributed by atoms with Crippen LogP contribution in [0, 0.1) is 17.6 Å². The number of benzene rings is 1. The van der Waals surface area contributed by atoms with Crippen molar-refractivity contribution in [3.8, 4) is 0 Å². The fraction of sp³-hybridized carbons (Fsp3) is 0.429.